The zero-order chi connectivity index (χ0) is 16.3. The van der Waals surface area contributed by atoms with Gasteiger partial charge in [-0.3, -0.25) is 4.79 Å². The molecule has 0 aromatic heterocycles. The Labute approximate surface area is 134 Å². The summed E-state index contributed by atoms with van der Waals surface area (Å²) in [6.07, 6.45) is 1.94. The Morgan fingerprint density at radius 3 is 2.55 bits per heavy atom. The number of anilines is 1. The predicted molar refractivity (Wildman–Crippen MR) is 88.7 cm³/mol. The second-order valence-corrected chi connectivity index (χ2v) is 7.12. The highest BCUT2D eigenvalue weighted by atomic mass is 32.2. The van der Waals surface area contributed by atoms with Gasteiger partial charge < -0.3 is 5.32 Å². The highest BCUT2D eigenvalue weighted by Crippen LogP contribution is 2.20. The van der Waals surface area contributed by atoms with Gasteiger partial charge in [-0.05, 0) is 49.1 Å². The number of hydrogen-bond donors (Lipinski definition) is 2. The standard InChI is InChI=1S/C15H16N2O3S2/c1-10-6-7-11(8-14(10)22(16,19)20)15(18)17-12-4-3-5-13(9-12)21-2/h3-9H,1-2H3,(H,17,18)(H2,16,19,20). The number of benzene rings is 2. The van der Waals surface area contributed by atoms with Gasteiger partial charge in [0.2, 0.25) is 10.0 Å². The molecule has 1 amide bonds. The number of carbonyl (C=O) groups is 1. The summed E-state index contributed by atoms with van der Waals surface area (Å²) in [6.45, 7) is 1.63. The van der Waals surface area contributed by atoms with Crippen LogP contribution in [0.25, 0.3) is 0 Å². The Morgan fingerprint density at radius 1 is 1.18 bits per heavy atom. The second kappa shape index (κ2) is 6.51. The van der Waals surface area contributed by atoms with Crippen molar-refractivity contribution in [1.82, 2.24) is 0 Å². The molecule has 0 unspecified atom stereocenters. The van der Waals surface area contributed by atoms with Crippen molar-refractivity contribution in [2.45, 2.75) is 16.7 Å². The van der Waals surface area contributed by atoms with E-state index in [2.05, 4.69) is 5.32 Å². The lowest BCUT2D eigenvalue weighted by Crippen LogP contribution is -2.17. The minimum Gasteiger partial charge on any atom is -0.322 e. The molecule has 2 rings (SSSR count). The first-order valence-electron chi connectivity index (χ1n) is 6.40. The van der Waals surface area contributed by atoms with Gasteiger partial charge in [-0.1, -0.05) is 12.1 Å². The zero-order valence-electron chi connectivity index (χ0n) is 12.2. The first kappa shape index (κ1) is 16.5. The van der Waals surface area contributed by atoms with Gasteiger partial charge in [0.15, 0.2) is 0 Å². The number of carbonyl (C=O) groups excluding carboxylic acids is 1. The van der Waals surface area contributed by atoms with Crippen molar-refractivity contribution in [2.75, 3.05) is 11.6 Å². The normalized spacial score (nSPS) is 11.2. The molecule has 7 heteroatoms. The molecule has 0 fully saturated rings. The third-order valence-corrected chi connectivity index (χ3v) is 4.86. The molecule has 2 aromatic carbocycles. The molecule has 0 aliphatic rings. The molecular weight excluding hydrogens is 320 g/mol. The van der Waals surface area contributed by atoms with Gasteiger partial charge in [0, 0.05) is 16.1 Å². The van der Waals surface area contributed by atoms with E-state index in [1.807, 2.05) is 24.5 Å². The van der Waals surface area contributed by atoms with Crippen LogP contribution in [0.4, 0.5) is 5.69 Å². The maximum Gasteiger partial charge on any atom is 0.255 e. The summed E-state index contributed by atoms with van der Waals surface area (Å²) in [6, 6.07) is 11.8. The summed E-state index contributed by atoms with van der Waals surface area (Å²) in [7, 11) is -3.86. The highest BCUT2D eigenvalue weighted by molar-refractivity contribution is 7.98. The number of rotatable bonds is 4. The Morgan fingerprint density at radius 2 is 1.91 bits per heavy atom. The van der Waals surface area contributed by atoms with Crippen LogP contribution in [0, 0.1) is 6.92 Å². The summed E-state index contributed by atoms with van der Waals surface area (Å²) < 4.78 is 23.0. The number of aryl methyl sites for hydroxylation is 1. The fourth-order valence-corrected chi connectivity index (χ4v) is 3.22. The van der Waals surface area contributed by atoms with Crippen LogP contribution >= 0.6 is 11.8 Å². The molecule has 0 saturated heterocycles. The van der Waals surface area contributed by atoms with Gasteiger partial charge in [-0.15, -0.1) is 11.8 Å². The fraction of sp³-hybridized carbons (Fsp3) is 0.133. The number of primary sulfonamides is 1. The van der Waals surface area contributed by atoms with Crippen molar-refractivity contribution in [3.05, 3.63) is 53.6 Å². The smallest absolute Gasteiger partial charge is 0.255 e. The van der Waals surface area contributed by atoms with E-state index >= 15 is 0 Å². The molecule has 0 atom stereocenters. The van der Waals surface area contributed by atoms with Crippen LogP contribution in [0.2, 0.25) is 0 Å². The molecular formula is C15H16N2O3S2. The number of hydrogen-bond acceptors (Lipinski definition) is 4. The Hall–Kier alpha value is -1.83. The van der Waals surface area contributed by atoms with E-state index in [-0.39, 0.29) is 16.4 Å². The molecule has 0 spiro atoms. The SMILES string of the molecule is CSc1cccc(NC(=O)c2ccc(C)c(S(N)(=O)=O)c2)c1. The van der Waals surface area contributed by atoms with Gasteiger partial charge in [0.1, 0.15) is 0 Å². The third kappa shape index (κ3) is 3.88. The summed E-state index contributed by atoms with van der Waals surface area (Å²) in [5.41, 5.74) is 1.39. The average molecular weight is 336 g/mol. The minimum atomic E-state index is -3.86. The molecule has 0 aliphatic carbocycles. The van der Waals surface area contributed by atoms with E-state index in [0.29, 0.717) is 11.3 Å². The van der Waals surface area contributed by atoms with Crippen LogP contribution in [0.5, 0.6) is 0 Å². The molecule has 0 aliphatic heterocycles. The molecule has 2 aromatic rings. The predicted octanol–water partition coefficient (Wildman–Crippen LogP) is 2.62. The van der Waals surface area contributed by atoms with E-state index in [4.69, 9.17) is 5.14 Å². The maximum atomic E-state index is 12.3. The first-order valence-corrected chi connectivity index (χ1v) is 9.17. The topological polar surface area (TPSA) is 89.3 Å². The highest BCUT2D eigenvalue weighted by Gasteiger charge is 2.15. The summed E-state index contributed by atoms with van der Waals surface area (Å²) in [5, 5.41) is 7.90. The summed E-state index contributed by atoms with van der Waals surface area (Å²) in [4.78, 5) is 13.2. The fourth-order valence-electron chi connectivity index (χ4n) is 1.95. The zero-order valence-corrected chi connectivity index (χ0v) is 13.8. The number of nitrogens with one attached hydrogen (secondary N) is 1. The Bertz CT molecular complexity index is 817. The van der Waals surface area contributed by atoms with Gasteiger partial charge >= 0.3 is 0 Å². The lowest BCUT2D eigenvalue weighted by molar-refractivity contribution is 0.102. The monoisotopic (exact) mass is 336 g/mol. The van der Waals surface area contributed by atoms with Crippen molar-refractivity contribution < 1.29 is 13.2 Å². The Balaban J connectivity index is 2.30. The van der Waals surface area contributed by atoms with Crippen LogP contribution in [0.1, 0.15) is 15.9 Å². The molecule has 3 N–H and O–H groups in total. The molecule has 0 bridgehead atoms. The van der Waals surface area contributed by atoms with Gasteiger partial charge in [-0.25, -0.2) is 13.6 Å². The van der Waals surface area contributed by atoms with Gasteiger partial charge in [0.05, 0.1) is 4.90 Å². The van der Waals surface area contributed by atoms with Gasteiger partial charge in [-0.2, -0.15) is 0 Å². The van der Waals surface area contributed by atoms with E-state index < -0.39 is 10.0 Å². The number of thioether (sulfide) groups is 1. The van der Waals surface area contributed by atoms with E-state index in [0.717, 1.165) is 4.90 Å². The van der Waals surface area contributed by atoms with Crippen molar-refractivity contribution >= 4 is 33.4 Å². The quantitative estimate of drug-likeness (QED) is 0.840. The average Bonchev–Trinajstić information content (AvgIpc) is 2.46. The van der Waals surface area contributed by atoms with E-state index in [1.165, 1.54) is 6.07 Å². The first-order chi connectivity index (χ1) is 10.3. The largest absolute Gasteiger partial charge is 0.322 e. The molecule has 0 radical (unpaired) electrons. The summed E-state index contributed by atoms with van der Waals surface area (Å²) >= 11 is 1.57. The molecule has 5 nitrogen and oxygen atoms in total. The molecule has 116 valence electrons. The van der Waals surface area contributed by atoms with Crippen LogP contribution in [-0.4, -0.2) is 20.6 Å². The third-order valence-electron chi connectivity index (χ3n) is 3.08. The number of sulfonamides is 1. The lowest BCUT2D eigenvalue weighted by Gasteiger charge is -2.09. The Kier molecular flexibility index (Phi) is 4.90. The van der Waals surface area contributed by atoms with Crippen molar-refractivity contribution in [1.29, 1.82) is 0 Å². The van der Waals surface area contributed by atoms with Crippen LogP contribution < -0.4 is 10.5 Å². The van der Waals surface area contributed by atoms with Crippen molar-refractivity contribution in [2.24, 2.45) is 5.14 Å². The number of nitrogens with two attached hydrogens (primary N) is 1. The lowest BCUT2D eigenvalue weighted by atomic mass is 10.1. The summed E-state index contributed by atoms with van der Waals surface area (Å²) in [5.74, 6) is -0.386. The van der Waals surface area contributed by atoms with Crippen LogP contribution in [0.3, 0.4) is 0 Å². The van der Waals surface area contributed by atoms with E-state index in [1.54, 1.807) is 36.9 Å². The maximum absolute atomic E-state index is 12.3. The molecule has 0 heterocycles. The van der Waals surface area contributed by atoms with Crippen LogP contribution in [0.15, 0.2) is 52.3 Å². The van der Waals surface area contributed by atoms with Crippen molar-refractivity contribution in [3.63, 3.8) is 0 Å². The van der Waals surface area contributed by atoms with E-state index in [9.17, 15) is 13.2 Å². The second-order valence-electron chi connectivity index (χ2n) is 4.71. The van der Waals surface area contributed by atoms with Crippen LogP contribution in [-0.2, 0) is 10.0 Å². The minimum absolute atomic E-state index is 0.0435. The number of amides is 1. The van der Waals surface area contributed by atoms with Crippen molar-refractivity contribution in [3.8, 4) is 0 Å². The van der Waals surface area contributed by atoms with Gasteiger partial charge in [0.25, 0.3) is 5.91 Å². The molecule has 22 heavy (non-hydrogen) atoms. The molecule has 0 saturated carbocycles.